The Hall–Kier alpha value is -3.19. The largest absolute Gasteiger partial charge is 0.381 e. The van der Waals surface area contributed by atoms with Crippen molar-refractivity contribution in [2.24, 2.45) is 5.92 Å². The van der Waals surface area contributed by atoms with Crippen LogP contribution in [0.2, 0.25) is 0 Å². The van der Waals surface area contributed by atoms with Gasteiger partial charge in [0.05, 0.1) is 22.9 Å². The number of hydrogen-bond acceptors (Lipinski definition) is 4. The lowest BCUT2D eigenvalue weighted by Gasteiger charge is -2.22. The first-order chi connectivity index (χ1) is 15.8. The Morgan fingerprint density at radius 3 is 2.88 bits per heavy atom. The van der Waals surface area contributed by atoms with E-state index in [1.165, 1.54) is 6.42 Å². The maximum Gasteiger partial charge on any atom is 0.334 e. The van der Waals surface area contributed by atoms with Crippen LogP contribution < -0.4 is 5.69 Å². The highest BCUT2D eigenvalue weighted by atomic mass is 16.5. The molecule has 4 aromatic heterocycles. The lowest BCUT2D eigenvalue weighted by Crippen LogP contribution is -2.29. The number of aromatic nitrogens is 5. The van der Waals surface area contributed by atoms with Gasteiger partial charge in [-0.3, -0.25) is 9.55 Å². The number of pyridine rings is 2. The molecule has 4 aromatic rings. The molecule has 5 heterocycles. The molecule has 2 aliphatic rings. The third-order valence-electron chi connectivity index (χ3n) is 6.84. The van der Waals surface area contributed by atoms with Crippen LogP contribution in [-0.4, -0.2) is 37.3 Å². The van der Waals surface area contributed by atoms with Crippen LogP contribution in [0.25, 0.3) is 39.0 Å². The van der Waals surface area contributed by atoms with Gasteiger partial charge in [-0.15, -0.1) is 0 Å². The fourth-order valence-corrected chi connectivity index (χ4v) is 5.03. The van der Waals surface area contributed by atoms with Crippen molar-refractivity contribution in [3.8, 4) is 11.3 Å². The molecule has 0 bridgehead atoms. The number of hydrogen-bond donors (Lipinski definition) is 1. The summed E-state index contributed by atoms with van der Waals surface area (Å²) in [4.78, 5) is 26.3. The maximum absolute atomic E-state index is 13.6. The minimum absolute atomic E-state index is 0.0262. The summed E-state index contributed by atoms with van der Waals surface area (Å²) in [5.41, 5.74) is 5.55. The van der Waals surface area contributed by atoms with Gasteiger partial charge in [0.15, 0.2) is 5.65 Å². The first-order valence-corrected chi connectivity index (χ1v) is 11.6. The van der Waals surface area contributed by atoms with Crippen molar-refractivity contribution in [3.05, 3.63) is 53.3 Å². The van der Waals surface area contributed by atoms with E-state index >= 15 is 0 Å². The van der Waals surface area contributed by atoms with Gasteiger partial charge in [-0.1, -0.05) is 6.08 Å². The molecular weight excluding hydrogens is 402 g/mol. The average Bonchev–Trinajstić information content (AvgIpc) is 3.42. The van der Waals surface area contributed by atoms with Gasteiger partial charge in [0.2, 0.25) is 0 Å². The van der Waals surface area contributed by atoms with E-state index in [-0.39, 0.29) is 5.69 Å². The van der Waals surface area contributed by atoms with E-state index < -0.39 is 0 Å². The summed E-state index contributed by atoms with van der Waals surface area (Å²) in [5, 5.41) is 1.11. The zero-order chi connectivity index (χ0) is 21.5. The van der Waals surface area contributed by atoms with Gasteiger partial charge in [-0.05, 0) is 62.6 Å². The third kappa shape index (κ3) is 3.37. The molecule has 0 amide bonds. The van der Waals surface area contributed by atoms with Gasteiger partial charge in [-0.25, -0.2) is 14.3 Å². The molecule has 1 fully saturated rings. The second-order valence-electron chi connectivity index (χ2n) is 8.93. The van der Waals surface area contributed by atoms with Crippen LogP contribution in [0, 0.1) is 5.92 Å². The lowest BCUT2D eigenvalue weighted by molar-refractivity contribution is 0.0613. The van der Waals surface area contributed by atoms with Crippen molar-refractivity contribution in [1.29, 1.82) is 0 Å². The molecule has 164 valence electrons. The quantitative estimate of drug-likeness (QED) is 0.515. The Labute approximate surface area is 185 Å². The number of aromatic amines is 1. The molecule has 0 atom stereocenters. The number of fused-ring (bicyclic) bond motifs is 2. The monoisotopic (exact) mass is 429 g/mol. The lowest BCUT2D eigenvalue weighted by atomic mass is 10.0. The standard InChI is InChI=1S/C25H27N5O2/c31-25-29(16-17-7-10-32-11-8-17)23-13-19(21-12-18-6-9-26-22(18)15-27-21)14-28-24(23)30(25)20-4-2-1-3-5-20/h4,6,9,12-15,17,26H,1-3,5,7-8,10-11,16H2. The zero-order valence-electron chi connectivity index (χ0n) is 18.1. The maximum atomic E-state index is 13.6. The number of nitrogens with one attached hydrogen (secondary N) is 1. The van der Waals surface area contributed by atoms with Crippen molar-refractivity contribution < 1.29 is 4.74 Å². The molecule has 32 heavy (non-hydrogen) atoms. The summed E-state index contributed by atoms with van der Waals surface area (Å²) in [5.74, 6) is 0.443. The highest BCUT2D eigenvalue weighted by molar-refractivity contribution is 5.85. The molecule has 7 heteroatoms. The predicted octanol–water partition coefficient (Wildman–Crippen LogP) is 4.58. The first kappa shape index (κ1) is 19.5. The molecule has 1 aliphatic heterocycles. The zero-order valence-corrected chi connectivity index (χ0v) is 18.1. The Bertz CT molecular complexity index is 1370. The van der Waals surface area contributed by atoms with Crippen molar-refractivity contribution in [2.75, 3.05) is 13.2 Å². The summed E-state index contributed by atoms with van der Waals surface area (Å²) < 4.78 is 9.32. The van der Waals surface area contributed by atoms with Gasteiger partial charge >= 0.3 is 5.69 Å². The SMILES string of the molecule is O=c1n(CC2CCOCC2)c2cc(-c3cc4cc[nH]c4cn3)cnc2n1C1=CCCCC1. The normalized spacial score (nSPS) is 17.8. The highest BCUT2D eigenvalue weighted by Gasteiger charge is 2.23. The van der Waals surface area contributed by atoms with Crippen LogP contribution in [0.5, 0.6) is 0 Å². The van der Waals surface area contributed by atoms with Crippen LogP contribution >= 0.6 is 0 Å². The summed E-state index contributed by atoms with van der Waals surface area (Å²) in [6.45, 7) is 2.25. The van der Waals surface area contributed by atoms with E-state index in [1.54, 1.807) is 0 Å². The molecule has 1 N–H and O–H groups in total. The van der Waals surface area contributed by atoms with Crippen molar-refractivity contribution >= 4 is 27.8 Å². The van der Waals surface area contributed by atoms with Gasteiger partial charge in [-0.2, -0.15) is 0 Å². The van der Waals surface area contributed by atoms with Crippen LogP contribution in [0.1, 0.15) is 38.5 Å². The number of nitrogens with zero attached hydrogens (tertiary/aromatic N) is 4. The second kappa shape index (κ2) is 8.06. The molecule has 7 nitrogen and oxygen atoms in total. The average molecular weight is 430 g/mol. The van der Waals surface area contributed by atoms with Crippen molar-refractivity contribution in [3.63, 3.8) is 0 Å². The molecule has 0 radical (unpaired) electrons. The number of imidazole rings is 1. The Morgan fingerprint density at radius 2 is 2.03 bits per heavy atom. The number of rotatable bonds is 4. The predicted molar refractivity (Wildman–Crippen MR) is 125 cm³/mol. The fourth-order valence-electron chi connectivity index (χ4n) is 5.03. The van der Waals surface area contributed by atoms with Crippen LogP contribution in [0.4, 0.5) is 0 Å². The van der Waals surface area contributed by atoms with E-state index in [2.05, 4.69) is 28.2 Å². The minimum atomic E-state index is 0.0262. The van der Waals surface area contributed by atoms with E-state index in [0.29, 0.717) is 12.5 Å². The van der Waals surface area contributed by atoms with Gasteiger partial charge in [0.1, 0.15) is 0 Å². The first-order valence-electron chi connectivity index (χ1n) is 11.6. The number of H-pyrrole nitrogens is 1. The van der Waals surface area contributed by atoms with Crippen LogP contribution in [-0.2, 0) is 11.3 Å². The molecule has 0 unspecified atom stereocenters. The molecule has 0 spiro atoms. The van der Waals surface area contributed by atoms with Gasteiger partial charge in [0.25, 0.3) is 0 Å². The minimum Gasteiger partial charge on any atom is -0.381 e. The Balaban J connectivity index is 1.50. The van der Waals surface area contributed by atoms with E-state index in [4.69, 9.17) is 9.72 Å². The van der Waals surface area contributed by atoms with E-state index in [0.717, 1.165) is 84.3 Å². The second-order valence-corrected chi connectivity index (χ2v) is 8.93. The molecule has 1 saturated heterocycles. The Morgan fingerprint density at radius 1 is 1.12 bits per heavy atom. The number of ether oxygens (including phenoxy) is 1. The summed E-state index contributed by atoms with van der Waals surface area (Å²) in [7, 11) is 0. The van der Waals surface area contributed by atoms with Gasteiger partial charge < -0.3 is 9.72 Å². The van der Waals surface area contributed by atoms with Crippen molar-refractivity contribution in [1.82, 2.24) is 24.1 Å². The molecule has 0 aromatic carbocycles. The molecular formula is C25H27N5O2. The molecule has 6 rings (SSSR count). The van der Waals surface area contributed by atoms with Crippen molar-refractivity contribution in [2.45, 2.75) is 45.1 Å². The molecule has 0 saturated carbocycles. The smallest absolute Gasteiger partial charge is 0.334 e. The van der Waals surface area contributed by atoms with Gasteiger partial charge in [0, 0.05) is 48.8 Å². The highest BCUT2D eigenvalue weighted by Crippen LogP contribution is 2.28. The van der Waals surface area contributed by atoms with E-state index in [1.807, 2.05) is 33.8 Å². The topological polar surface area (TPSA) is 77.7 Å². The fraction of sp³-hybridized carbons (Fsp3) is 0.400. The third-order valence-corrected chi connectivity index (χ3v) is 6.84. The summed E-state index contributed by atoms with van der Waals surface area (Å²) >= 11 is 0. The van der Waals surface area contributed by atoms with Crippen LogP contribution in [0.15, 0.2) is 47.7 Å². The Kier molecular flexibility index (Phi) is 4.91. The van der Waals surface area contributed by atoms with E-state index in [9.17, 15) is 4.79 Å². The summed E-state index contributed by atoms with van der Waals surface area (Å²) in [6, 6.07) is 6.19. The molecule has 1 aliphatic carbocycles. The summed E-state index contributed by atoms with van der Waals surface area (Å²) in [6.07, 6.45) is 14.0. The number of allylic oxidation sites excluding steroid dienone is 2. The van der Waals surface area contributed by atoms with Crippen LogP contribution in [0.3, 0.4) is 0 Å².